The van der Waals surface area contributed by atoms with Gasteiger partial charge in [-0.05, 0) is 50.3 Å². The largest absolute Gasteiger partial charge is 0.396 e. The second-order valence-electron chi connectivity index (χ2n) is 12.2. The van der Waals surface area contributed by atoms with Crippen molar-refractivity contribution in [2.45, 2.75) is 55.2 Å². The first-order valence-corrected chi connectivity index (χ1v) is 16.3. The van der Waals surface area contributed by atoms with E-state index < -0.39 is 27.4 Å². The Balaban J connectivity index is 1.42. The molecule has 0 bridgehead atoms. The molecule has 9 heteroatoms. The molecule has 4 aliphatic rings. The number of amides is 3. The van der Waals surface area contributed by atoms with Gasteiger partial charge in [-0.3, -0.25) is 14.4 Å². The fourth-order valence-corrected chi connectivity index (χ4v) is 9.98. The number of aliphatic hydroxyl groups is 1. The molecule has 226 valence electrons. The Kier molecular flexibility index (Phi) is 8.22. The molecule has 4 aliphatic heterocycles. The van der Waals surface area contributed by atoms with E-state index >= 15 is 0 Å². The Morgan fingerprint density at radius 3 is 2.42 bits per heavy atom. The minimum atomic E-state index is -0.912. The van der Waals surface area contributed by atoms with Crippen LogP contribution < -0.4 is 4.90 Å². The summed E-state index contributed by atoms with van der Waals surface area (Å²) in [6, 6.07) is 14.7. The number of halogens is 1. The molecule has 0 aromatic heterocycles. The van der Waals surface area contributed by atoms with Crippen LogP contribution in [0.3, 0.4) is 0 Å². The van der Waals surface area contributed by atoms with E-state index in [1.165, 1.54) is 0 Å². The maximum atomic E-state index is 14.7. The van der Waals surface area contributed by atoms with Gasteiger partial charge in [0.1, 0.15) is 6.04 Å². The number of thioether (sulfide) groups is 1. The summed E-state index contributed by atoms with van der Waals surface area (Å²) in [7, 11) is 0. The average molecular weight is 620 g/mol. The number of nitrogens with zero attached hydrogens (tertiary/aromatic N) is 3. The van der Waals surface area contributed by atoms with Crippen molar-refractivity contribution in [1.29, 1.82) is 0 Å². The molecule has 1 N–H and O–H groups in total. The van der Waals surface area contributed by atoms with Gasteiger partial charge in [-0.2, -0.15) is 0 Å². The lowest BCUT2D eigenvalue weighted by molar-refractivity contribution is -0.144. The number of rotatable bonds is 8. The van der Waals surface area contributed by atoms with Crippen LogP contribution in [0.5, 0.6) is 0 Å². The quantitative estimate of drug-likeness (QED) is 0.332. The smallest absolute Gasteiger partial charge is 0.251 e. The maximum Gasteiger partial charge on any atom is 0.251 e. The van der Waals surface area contributed by atoms with Crippen molar-refractivity contribution < 1.29 is 19.5 Å². The Labute approximate surface area is 262 Å². The highest BCUT2D eigenvalue weighted by atomic mass is 35.5. The molecule has 7 nitrogen and oxygen atoms in total. The van der Waals surface area contributed by atoms with Crippen molar-refractivity contribution in [3.63, 3.8) is 0 Å². The standard InChI is InChI=1S/C34H38ClN3O4S/c1-23-12-9-15-25(35)28(23)37-20-11-17-34-27(31(41)38(29(34)32(37)42)19-7-4-8-21-39)26-30(40)36(18-10-16-33(26,2)43-34)22-24-13-5-3-6-14-24/h3,5-6,9-17,26-27,29,39H,4,7-8,18-22H2,1-2H3/t26-,27+,29?,33+,34+/m1/s1. The van der Waals surface area contributed by atoms with Crippen LogP contribution >= 0.6 is 23.4 Å². The van der Waals surface area contributed by atoms with Gasteiger partial charge in [0.25, 0.3) is 5.91 Å². The molecule has 2 aromatic rings. The van der Waals surface area contributed by atoms with Crippen molar-refractivity contribution >= 4 is 46.8 Å². The summed E-state index contributed by atoms with van der Waals surface area (Å²) in [6.45, 7) is 5.70. The summed E-state index contributed by atoms with van der Waals surface area (Å²) in [5.41, 5.74) is 2.57. The predicted molar refractivity (Wildman–Crippen MR) is 171 cm³/mol. The third-order valence-electron chi connectivity index (χ3n) is 9.37. The molecule has 0 radical (unpaired) electrons. The van der Waals surface area contributed by atoms with E-state index in [4.69, 9.17) is 11.6 Å². The van der Waals surface area contributed by atoms with Crippen LogP contribution in [0.1, 0.15) is 37.3 Å². The zero-order chi connectivity index (χ0) is 30.4. The molecule has 1 unspecified atom stereocenters. The van der Waals surface area contributed by atoms with E-state index in [2.05, 4.69) is 6.08 Å². The van der Waals surface area contributed by atoms with Crippen molar-refractivity contribution in [3.05, 3.63) is 89.0 Å². The summed E-state index contributed by atoms with van der Waals surface area (Å²) in [4.78, 5) is 49.1. The Morgan fingerprint density at radius 2 is 1.67 bits per heavy atom. The minimum Gasteiger partial charge on any atom is -0.396 e. The number of carbonyl (C=O) groups is 3. The van der Waals surface area contributed by atoms with Gasteiger partial charge in [0.15, 0.2) is 0 Å². The van der Waals surface area contributed by atoms with Crippen molar-refractivity contribution in [2.75, 3.05) is 31.1 Å². The maximum absolute atomic E-state index is 14.7. The van der Waals surface area contributed by atoms with E-state index in [1.54, 1.807) is 27.6 Å². The highest BCUT2D eigenvalue weighted by Gasteiger charge is 2.73. The van der Waals surface area contributed by atoms with Crippen LogP contribution in [0.2, 0.25) is 5.02 Å². The molecule has 2 aromatic carbocycles. The number of para-hydroxylation sites is 1. The van der Waals surface area contributed by atoms with Gasteiger partial charge in [-0.1, -0.05) is 78.4 Å². The predicted octanol–water partition coefficient (Wildman–Crippen LogP) is 5.00. The molecule has 0 aliphatic carbocycles. The summed E-state index contributed by atoms with van der Waals surface area (Å²) in [5.74, 6) is -1.68. The highest BCUT2D eigenvalue weighted by Crippen LogP contribution is 2.65. The molecule has 0 saturated carbocycles. The zero-order valence-corrected chi connectivity index (χ0v) is 26.2. The van der Waals surface area contributed by atoms with Gasteiger partial charge in [0, 0.05) is 37.5 Å². The van der Waals surface area contributed by atoms with Crippen LogP contribution in [0.4, 0.5) is 5.69 Å². The normalized spacial score (nSPS) is 29.9. The van der Waals surface area contributed by atoms with Gasteiger partial charge in [0.2, 0.25) is 11.8 Å². The van der Waals surface area contributed by atoms with Gasteiger partial charge in [-0.25, -0.2) is 0 Å². The number of aliphatic hydroxyl groups excluding tert-OH is 1. The molecular formula is C34H38ClN3O4S. The number of hydrogen-bond donors (Lipinski definition) is 1. The fraction of sp³-hybridized carbons (Fsp3) is 0.441. The summed E-state index contributed by atoms with van der Waals surface area (Å²) >= 11 is 8.27. The zero-order valence-electron chi connectivity index (χ0n) is 24.6. The molecule has 4 heterocycles. The van der Waals surface area contributed by atoms with E-state index in [0.29, 0.717) is 49.7 Å². The molecule has 5 atom stereocenters. The fourth-order valence-electron chi connectivity index (χ4n) is 7.49. The Bertz CT molecular complexity index is 1460. The SMILES string of the molecule is Cc1cccc(Cl)c1N1CC=C[C@]23S[C@@]4(C)C=CCN(Cc5ccccc5)C(=O)[C@H]4[C@H]2C(=O)N(CCCCCO)C3C1=O. The number of carbonyl (C=O) groups excluding carboxylic acids is 3. The van der Waals surface area contributed by atoms with Crippen molar-refractivity contribution in [3.8, 4) is 0 Å². The van der Waals surface area contributed by atoms with Crippen LogP contribution in [0.25, 0.3) is 0 Å². The topological polar surface area (TPSA) is 81.2 Å². The Morgan fingerprint density at radius 1 is 0.907 bits per heavy atom. The third kappa shape index (κ3) is 5.01. The number of benzene rings is 2. The lowest BCUT2D eigenvalue weighted by Gasteiger charge is -2.37. The number of likely N-dealkylation sites (tertiary alicyclic amines) is 1. The molecule has 6 rings (SSSR count). The number of hydrogen-bond acceptors (Lipinski definition) is 5. The van der Waals surface area contributed by atoms with Crippen LogP contribution in [-0.4, -0.2) is 74.4 Å². The molecule has 1 spiro atoms. The lowest BCUT2D eigenvalue weighted by Crippen LogP contribution is -2.53. The second-order valence-corrected chi connectivity index (χ2v) is 14.4. The van der Waals surface area contributed by atoms with Crippen LogP contribution in [0, 0.1) is 18.8 Å². The first-order valence-electron chi connectivity index (χ1n) is 15.1. The number of unbranched alkanes of at least 4 members (excludes halogenated alkanes) is 2. The van der Waals surface area contributed by atoms with E-state index in [1.807, 2.05) is 79.4 Å². The lowest BCUT2D eigenvalue weighted by atomic mass is 9.74. The first-order chi connectivity index (χ1) is 20.7. The van der Waals surface area contributed by atoms with E-state index in [9.17, 15) is 19.5 Å². The van der Waals surface area contributed by atoms with E-state index in [-0.39, 0.29) is 24.3 Å². The highest BCUT2D eigenvalue weighted by molar-refractivity contribution is 8.02. The monoisotopic (exact) mass is 619 g/mol. The average Bonchev–Trinajstić information content (AvgIpc) is 3.25. The number of fused-ring (bicyclic) bond motifs is 2. The van der Waals surface area contributed by atoms with E-state index in [0.717, 1.165) is 17.5 Å². The van der Waals surface area contributed by atoms with Crippen LogP contribution in [0.15, 0.2) is 72.8 Å². The minimum absolute atomic E-state index is 0.0520. The molecule has 43 heavy (non-hydrogen) atoms. The third-order valence-corrected chi connectivity index (χ3v) is 11.5. The molecule has 2 fully saturated rings. The first kappa shape index (κ1) is 30.0. The summed E-state index contributed by atoms with van der Waals surface area (Å²) < 4.78 is -1.57. The number of aryl methyl sites for hydroxylation is 1. The molecule has 2 saturated heterocycles. The molecular weight excluding hydrogens is 582 g/mol. The van der Waals surface area contributed by atoms with Gasteiger partial charge in [0.05, 0.1) is 27.3 Å². The Hall–Kier alpha value is -3.07. The van der Waals surface area contributed by atoms with Gasteiger partial charge >= 0.3 is 0 Å². The van der Waals surface area contributed by atoms with Crippen LogP contribution in [-0.2, 0) is 20.9 Å². The van der Waals surface area contributed by atoms with Crippen molar-refractivity contribution in [2.24, 2.45) is 11.8 Å². The molecule has 3 amide bonds. The van der Waals surface area contributed by atoms with Gasteiger partial charge in [-0.15, -0.1) is 11.8 Å². The van der Waals surface area contributed by atoms with Crippen molar-refractivity contribution in [1.82, 2.24) is 9.80 Å². The summed E-state index contributed by atoms with van der Waals surface area (Å²) in [6.07, 6.45) is 10.2. The number of anilines is 1. The second kappa shape index (κ2) is 11.8. The summed E-state index contributed by atoms with van der Waals surface area (Å²) in [5, 5.41) is 9.83. The van der Waals surface area contributed by atoms with Gasteiger partial charge < -0.3 is 19.8 Å².